The normalized spacial score (nSPS) is 11.6. The molecule has 0 saturated carbocycles. The summed E-state index contributed by atoms with van der Waals surface area (Å²) in [5, 5.41) is 0. The number of carbonyl (C=O) groups excluding carboxylic acids is 1. The number of ketones is 1. The first-order valence-electron chi connectivity index (χ1n) is 3.97. The van der Waals surface area contributed by atoms with Gasteiger partial charge in [0, 0.05) is 5.56 Å². The Morgan fingerprint density at radius 2 is 1.69 bits per heavy atom. The molecule has 0 saturated heterocycles. The van der Waals surface area contributed by atoms with Gasteiger partial charge >= 0.3 is 6.61 Å². The summed E-state index contributed by atoms with van der Waals surface area (Å²) in [5.41, 5.74) is 0.0987. The van der Waals surface area contributed by atoms with Crippen molar-refractivity contribution in [3.63, 3.8) is 0 Å². The summed E-state index contributed by atoms with van der Waals surface area (Å²) in [6, 6.07) is 4.86. The van der Waals surface area contributed by atoms with Crippen LogP contribution >= 0.6 is 34.8 Å². The van der Waals surface area contributed by atoms with E-state index in [1.54, 1.807) is 0 Å². The van der Waals surface area contributed by atoms with E-state index in [9.17, 15) is 13.6 Å². The van der Waals surface area contributed by atoms with Crippen LogP contribution in [0.3, 0.4) is 0 Å². The average Bonchev–Trinajstić information content (AvgIpc) is 2.15. The summed E-state index contributed by atoms with van der Waals surface area (Å²) >= 11 is 16.1. The van der Waals surface area contributed by atoms with Gasteiger partial charge in [-0.25, -0.2) is 0 Å². The fourth-order valence-electron chi connectivity index (χ4n) is 0.951. The Balaban J connectivity index is 2.83. The van der Waals surface area contributed by atoms with E-state index >= 15 is 0 Å². The van der Waals surface area contributed by atoms with Gasteiger partial charge in [-0.1, -0.05) is 34.8 Å². The number of Topliss-reactive ketones (excluding diaryl/α,β-unsaturated/α-hetero) is 1. The monoisotopic (exact) mass is 288 g/mol. The van der Waals surface area contributed by atoms with Gasteiger partial charge in [0.1, 0.15) is 5.75 Å². The summed E-state index contributed by atoms with van der Waals surface area (Å²) in [6.45, 7) is -2.92. The van der Waals surface area contributed by atoms with Crippen LogP contribution in [0, 0.1) is 0 Å². The predicted octanol–water partition coefficient (Wildman–Crippen LogP) is 3.84. The minimum absolute atomic E-state index is 0.0733. The van der Waals surface area contributed by atoms with Gasteiger partial charge in [0.15, 0.2) is 0 Å². The summed E-state index contributed by atoms with van der Waals surface area (Å²) in [4.78, 5) is 11.4. The highest BCUT2D eigenvalue weighted by Gasteiger charge is 2.31. The molecule has 16 heavy (non-hydrogen) atoms. The molecule has 0 fully saturated rings. The second kappa shape index (κ2) is 5.17. The molecule has 1 rings (SSSR count). The molecule has 0 radical (unpaired) electrons. The Kier molecular flexibility index (Phi) is 4.35. The van der Waals surface area contributed by atoms with Crippen LogP contribution in [0.25, 0.3) is 0 Å². The largest absolute Gasteiger partial charge is 0.435 e. The minimum Gasteiger partial charge on any atom is -0.435 e. The first kappa shape index (κ1) is 13.5. The first-order valence-corrected chi connectivity index (χ1v) is 5.10. The molecular formula is C9H5Cl3F2O2. The van der Waals surface area contributed by atoms with Crippen molar-refractivity contribution in [1.29, 1.82) is 0 Å². The topological polar surface area (TPSA) is 26.3 Å². The lowest BCUT2D eigenvalue weighted by atomic mass is 10.1. The lowest BCUT2D eigenvalue weighted by molar-refractivity contribution is -0.0498. The molecule has 7 heteroatoms. The molecule has 0 heterocycles. The lowest BCUT2D eigenvalue weighted by Gasteiger charge is -2.10. The molecule has 0 amide bonds. The van der Waals surface area contributed by atoms with Gasteiger partial charge in [-0.3, -0.25) is 4.79 Å². The van der Waals surface area contributed by atoms with E-state index in [1.165, 1.54) is 24.3 Å². The molecule has 2 nitrogen and oxygen atoms in total. The molecule has 1 aromatic rings. The number of rotatable bonds is 3. The van der Waals surface area contributed by atoms with Crippen molar-refractivity contribution in [2.24, 2.45) is 0 Å². The van der Waals surface area contributed by atoms with Crippen molar-refractivity contribution in [2.45, 2.75) is 10.4 Å². The maximum Gasteiger partial charge on any atom is 0.387 e. The van der Waals surface area contributed by atoms with Crippen LogP contribution in [0.1, 0.15) is 10.4 Å². The van der Waals surface area contributed by atoms with E-state index in [1.807, 2.05) is 0 Å². The van der Waals surface area contributed by atoms with E-state index in [4.69, 9.17) is 34.8 Å². The molecule has 0 spiro atoms. The van der Waals surface area contributed by atoms with Gasteiger partial charge in [-0.15, -0.1) is 0 Å². The highest BCUT2D eigenvalue weighted by molar-refractivity contribution is 6.77. The Hall–Kier alpha value is -0.580. The lowest BCUT2D eigenvalue weighted by Crippen LogP contribution is -2.18. The summed E-state index contributed by atoms with van der Waals surface area (Å²) in [5.74, 6) is -0.808. The van der Waals surface area contributed by atoms with Crippen LogP contribution in [0.15, 0.2) is 24.3 Å². The molecule has 0 aliphatic heterocycles. The van der Waals surface area contributed by atoms with Gasteiger partial charge in [0.05, 0.1) is 0 Å². The highest BCUT2D eigenvalue weighted by Crippen LogP contribution is 2.30. The van der Waals surface area contributed by atoms with Crippen LogP contribution in [0.2, 0.25) is 0 Å². The fourth-order valence-corrected chi connectivity index (χ4v) is 1.28. The number of hydrogen-bond acceptors (Lipinski definition) is 2. The quantitative estimate of drug-likeness (QED) is 0.624. The third-order valence-electron chi connectivity index (χ3n) is 1.60. The smallest absolute Gasteiger partial charge is 0.387 e. The molecule has 0 atom stereocenters. The van der Waals surface area contributed by atoms with Crippen molar-refractivity contribution >= 4 is 40.6 Å². The van der Waals surface area contributed by atoms with Crippen LogP contribution in [0.5, 0.6) is 5.75 Å². The summed E-state index contributed by atoms with van der Waals surface area (Å²) in [7, 11) is 0. The number of halogens is 5. The number of alkyl halides is 5. The maximum atomic E-state index is 11.8. The first-order chi connectivity index (χ1) is 7.30. The number of hydrogen-bond donors (Lipinski definition) is 0. The van der Waals surface area contributed by atoms with Crippen LogP contribution in [-0.2, 0) is 0 Å². The fraction of sp³-hybridized carbons (Fsp3) is 0.222. The van der Waals surface area contributed by atoms with Gasteiger partial charge in [-0.2, -0.15) is 8.78 Å². The molecular weight excluding hydrogens is 284 g/mol. The Bertz CT molecular complexity index is 373. The second-order valence-corrected chi connectivity index (χ2v) is 5.01. The SMILES string of the molecule is O=C(c1ccc(OC(F)F)cc1)C(Cl)(Cl)Cl. The molecule has 88 valence electrons. The molecule has 0 aliphatic carbocycles. The molecule has 0 N–H and O–H groups in total. The van der Waals surface area contributed by atoms with E-state index in [0.29, 0.717) is 0 Å². The molecule has 0 bridgehead atoms. The van der Waals surface area contributed by atoms with Crippen molar-refractivity contribution in [1.82, 2.24) is 0 Å². The third-order valence-corrected chi connectivity index (χ3v) is 2.11. The zero-order valence-corrected chi connectivity index (χ0v) is 9.86. The van der Waals surface area contributed by atoms with Crippen LogP contribution < -0.4 is 4.74 Å². The summed E-state index contributed by atoms with van der Waals surface area (Å²) < 4.78 is 25.7. The summed E-state index contributed by atoms with van der Waals surface area (Å²) in [6.07, 6.45) is 0. The second-order valence-electron chi connectivity index (χ2n) is 2.73. The molecule has 1 aromatic carbocycles. The number of ether oxygens (including phenoxy) is 1. The zero-order chi connectivity index (χ0) is 12.3. The van der Waals surface area contributed by atoms with Crippen molar-refractivity contribution in [3.05, 3.63) is 29.8 Å². The Morgan fingerprint density at radius 3 is 2.06 bits per heavy atom. The van der Waals surface area contributed by atoms with Gasteiger partial charge < -0.3 is 4.74 Å². The third kappa shape index (κ3) is 3.77. The maximum absolute atomic E-state index is 11.8. The number of benzene rings is 1. The molecule has 0 aromatic heterocycles. The standard InChI is InChI=1S/C9H5Cl3F2O2/c10-9(11,12)7(15)5-1-3-6(4-2-5)16-8(13)14/h1-4,8H. The van der Waals surface area contributed by atoms with Gasteiger partial charge in [0.25, 0.3) is 3.79 Å². The number of carbonyl (C=O) groups is 1. The van der Waals surface area contributed by atoms with E-state index < -0.39 is 16.2 Å². The Labute approximate surface area is 105 Å². The average molecular weight is 289 g/mol. The van der Waals surface area contributed by atoms with E-state index in [-0.39, 0.29) is 11.3 Å². The zero-order valence-electron chi connectivity index (χ0n) is 7.59. The predicted molar refractivity (Wildman–Crippen MR) is 57.7 cm³/mol. The molecule has 0 aliphatic rings. The minimum atomic E-state index is -2.92. The van der Waals surface area contributed by atoms with Crippen molar-refractivity contribution in [2.75, 3.05) is 0 Å². The Morgan fingerprint density at radius 1 is 1.19 bits per heavy atom. The van der Waals surface area contributed by atoms with Crippen molar-refractivity contribution < 1.29 is 18.3 Å². The van der Waals surface area contributed by atoms with Crippen LogP contribution in [-0.4, -0.2) is 16.2 Å². The highest BCUT2D eigenvalue weighted by atomic mass is 35.6. The van der Waals surface area contributed by atoms with Crippen LogP contribution in [0.4, 0.5) is 8.78 Å². The van der Waals surface area contributed by atoms with Crippen molar-refractivity contribution in [3.8, 4) is 5.75 Å². The van der Waals surface area contributed by atoms with Gasteiger partial charge in [0.2, 0.25) is 5.78 Å². The molecule has 0 unspecified atom stereocenters. The van der Waals surface area contributed by atoms with Gasteiger partial charge in [-0.05, 0) is 24.3 Å². The van der Waals surface area contributed by atoms with E-state index in [2.05, 4.69) is 4.74 Å². The van der Waals surface area contributed by atoms with E-state index in [0.717, 1.165) is 0 Å².